The van der Waals surface area contributed by atoms with E-state index in [0.717, 1.165) is 12.1 Å². The van der Waals surface area contributed by atoms with Crippen molar-refractivity contribution in [3.8, 4) is 0 Å². The summed E-state index contributed by atoms with van der Waals surface area (Å²) >= 11 is 0. The molecular weight excluding hydrogens is 365 g/mol. The van der Waals surface area contributed by atoms with Gasteiger partial charge in [-0.3, -0.25) is 14.4 Å². The van der Waals surface area contributed by atoms with E-state index in [1.165, 1.54) is 30.9 Å². The molecule has 1 aliphatic rings. The van der Waals surface area contributed by atoms with Crippen molar-refractivity contribution in [1.29, 1.82) is 0 Å². The molecule has 2 rings (SSSR count). The normalized spacial score (nSPS) is 18.3. The minimum Gasteiger partial charge on any atom is -0.480 e. The summed E-state index contributed by atoms with van der Waals surface area (Å²) in [5.74, 6) is -2.54. The van der Waals surface area contributed by atoms with Gasteiger partial charge in [0.25, 0.3) is 0 Å². The molecule has 1 saturated heterocycles. The molecule has 1 aromatic carbocycles. The number of aliphatic carboxylic acids is 1. The smallest absolute Gasteiger partial charge is 0.416 e. The molecule has 1 fully saturated rings. The van der Waals surface area contributed by atoms with Crippen LogP contribution in [-0.4, -0.2) is 40.4 Å². The van der Waals surface area contributed by atoms with Crippen molar-refractivity contribution >= 4 is 17.8 Å². The van der Waals surface area contributed by atoms with Crippen molar-refractivity contribution in [3.05, 3.63) is 35.4 Å². The molecule has 0 aliphatic carbocycles. The Labute approximate surface area is 154 Å². The molecule has 1 unspecified atom stereocenters. The predicted molar refractivity (Wildman–Crippen MR) is 89.4 cm³/mol. The van der Waals surface area contributed by atoms with Crippen LogP contribution in [0.5, 0.6) is 0 Å². The van der Waals surface area contributed by atoms with Crippen LogP contribution in [0.2, 0.25) is 0 Å². The first-order valence-electron chi connectivity index (χ1n) is 8.42. The van der Waals surface area contributed by atoms with Crippen LogP contribution >= 0.6 is 0 Å². The monoisotopic (exact) mass is 386 g/mol. The van der Waals surface area contributed by atoms with Crippen molar-refractivity contribution in [2.24, 2.45) is 5.41 Å². The highest BCUT2D eigenvalue weighted by Gasteiger charge is 2.39. The standard InChI is InChI=1S/C18H21F3N2O4/c1-17(2,16(26)27)15(25)22-13-7-4-8-23(14(13)24)10-11-5-3-6-12(9-11)18(19,20)21/h3,5-6,9,13H,4,7-8,10H2,1-2H3,(H,22,25)(H,26,27). The number of carbonyl (C=O) groups excluding carboxylic acids is 2. The highest BCUT2D eigenvalue weighted by molar-refractivity contribution is 6.02. The van der Waals surface area contributed by atoms with Gasteiger partial charge in [0.2, 0.25) is 11.8 Å². The van der Waals surface area contributed by atoms with Gasteiger partial charge in [-0.1, -0.05) is 12.1 Å². The van der Waals surface area contributed by atoms with Gasteiger partial charge in [0.15, 0.2) is 0 Å². The predicted octanol–water partition coefficient (Wildman–Crippen LogP) is 2.42. The van der Waals surface area contributed by atoms with Crippen LogP contribution in [0.25, 0.3) is 0 Å². The van der Waals surface area contributed by atoms with E-state index >= 15 is 0 Å². The van der Waals surface area contributed by atoms with Crippen molar-refractivity contribution < 1.29 is 32.7 Å². The first-order chi connectivity index (χ1) is 12.4. The number of carboxylic acids is 1. The zero-order valence-corrected chi connectivity index (χ0v) is 15.0. The third-order valence-corrected chi connectivity index (χ3v) is 4.57. The first kappa shape index (κ1) is 20.7. The average molecular weight is 386 g/mol. The molecule has 9 heteroatoms. The molecule has 1 heterocycles. The van der Waals surface area contributed by atoms with Crippen LogP contribution in [0.4, 0.5) is 13.2 Å². The topological polar surface area (TPSA) is 86.7 Å². The van der Waals surface area contributed by atoms with E-state index in [9.17, 15) is 27.6 Å². The molecule has 27 heavy (non-hydrogen) atoms. The summed E-state index contributed by atoms with van der Waals surface area (Å²) in [6, 6.07) is 3.83. The Balaban J connectivity index is 2.09. The Kier molecular flexibility index (Phi) is 5.82. The van der Waals surface area contributed by atoms with Gasteiger partial charge in [-0.2, -0.15) is 13.2 Å². The molecule has 2 N–H and O–H groups in total. The van der Waals surface area contributed by atoms with Crippen LogP contribution in [-0.2, 0) is 27.1 Å². The summed E-state index contributed by atoms with van der Waals surface area (Å²) in [6.07, 6.45) is -3.58. The second kappa shape index (κ2) is 7.58. The quantitative estimate of drug-likeness (QED) is 0.761. The van der Waals surface area contributed by atoms with Gasteiger partial charge in [-0.15, -0.1) is 0 Å². The average Bonchev–Trinajstić information content (AvgIpc) is 2.57. The zero-order valence-electron chi connectivity index (χ0n) is 15.0. The molecule has 1 aliphatic heterocycles. The highest BCUT2D eigenvalue weighted by atomic mass is 19.4. The fraction of sp³-hybridized carbons (Fsp3) is 0.500. The Morgan fingerprint density at radius 2 is 1.96 bits per heavy atom. The lowest BCUT2D eigenvalue weighted by molar-refractivity contribution is -0.155. The number of alkyl halides is 3. The molecule has 2 amide bonds. The minimum absolute atomic E-state index is 0.0164. The summed E-state index contributed by atoms with van der Waals surface area (Å²) in [5, 5.41) is 11.5. The fourth-order valence-electron chi connectivity index (χ4n) is 2.73. The number of rotatable bonds is 5. The lowest BCUT2D eigenvalue weighted by Crippen LogP contribution is -2.55. The largest absolute Gasteiger partial charge is 0.480 e. The number of amides is 2. The van der Waals surface area contributed by atoms with Gasteiger partial charge >= 0.3 is 12.1 Å². The van der Waals surface area contributed by atoms with E-state index in [0.29, 0.717) is 24.9 Å². The molecule has 0 saturated carbocycles. The maximum absolute atomic E-state index is 12.8. The molecule has 1 atom stereocenters. The molecule has 0 bridgehead atoms. The van der Waals surface area contributed by atoms with Crippen LogP contribution in [0.1, 0.15) is 37.8 Å². The zero-order chi connectivity index (χ0) is 20.4. The number of hydrogen-bond acceptors (Lipinski definition) is 3. The highest BCUT2D eigenvalue weighted by Crippen LogP contribution is 2.30. The third kappa shape index (κ3) is 4.78. The van der Waals surface area contributed by atoms with Gasteiger partial charge < -0.3 is 15.3 Å². The van der Waals surface area contributed by atoms with Crippen molar-refractivity contribution in [1.82, 2.24) is 10.2 Å². The van der Waals surface area contributed by atoms with E-state index in [2.05, 4.69) is 5.32 Å². The van der Waals surface area contributed by atoms with Crippen LogP contribution in [0.15, 0.2) is 24.3 Å². The Bertz CT molecular complexity index is 746. The SMILES string of the molecule is CC(C)(C(=O)O)C(=O)NC1CCCN(Cc2cccc(C(F)(F)F)c2)C1=O. The van der Waals surface area contributed by atoms with Gasteiger partial charge in [0.1, 0.15) is 11.5 Å². The van der Waals surface area contributed by atoms with Crippen LogP contribution in [0.3, 0.4) is 0 Å². The van der Waals surface area contributed by atoms with E-state index in [4.69, 9.17) is 5.11 Å². The summed E-state index contributed by atoms with van der Waals surface area (Å²) in [5.41, 5.74) is -2.16. The van der Waals surface area contributed by atoms with E-state index in [1.54, 1.807) is 0 Å². The van der Waals surface area contributed by atoms with Gasteiger partial charge in [-0.25, -0.2) is 0 Å². The van der Waals surface area contributed by atoms with Gasteiger partial charge in [0, 0.05) is 13.1 Å². The maximum atomic E-state index is 12.8. The number of nitrogens with one attached hydrogen (secondary N) is 1. The molecule has 0 aromatic heterocycles. The minimum atomic E-state index is -4.47. The number of carboxylic acid groups (broad SMARTS) is 1. The first-order valence-corrected chi connectivity index (χ1v) is 8.42. The Morgan fingerprint density at radius 1 is 1.30 bits per heavy atom. The molecule has 0 spiro atoms. The van der Waals surface area contributed by atoms with Crippen molar-refractivity contribution in [2.75, 3.05) is 6.54 Å². The van der Waals surface area contributed by atoms with Crippen molar-refractivity contribution in [2.45, 2.75) is 45.5 Å². The summed E-state index contributed by atoms with van der Waals surface area (Å²) in [6.45, 7) is 2.80. The number of piperidine rings is 1. The second-order valence-corrected chi connectivity index (χ2v) is 7.06. The number of carbonyl (C=O) groups is 3. The molecule has 1 aromatic rings. The summed E-state index contributed by atoms with van der Waals surface area (Å²) in [4.78, 5) is 37.3. The van der Waals surface area contributed by atoms with E-state index in [1.807, 2.05) is 0 Å². The van der Waals surface area contributed by atoms with Gasteiger partial charge in [-0.05, 0) is 44.4 Å². The van der Waals surface area contributed by atoms with Crippen molar-refractivity contribution in [3.63, 3.8) is 0 Å². The molecule has 148 valence electrons. The third-order valence-electron chi connectivity index (χ3n) is 4.57. The number of likely N-dealkylation sites (tertiary alicyclic amines) is 1. The van der Waals surface area contributed by atoms with E-state index in [-0.39, 0.29) is 6.54 Å². The van der Waals surface area contributed by atoms with E-state index < -0.39 is 41.0 Å². The molecular formula is C18H21F3N2O4. The van der Waals surface area contributed by atoms with Gasteiger partial charge in [0.05, 0.1) is 5.56 Å². The fourth-order valence-corrected chi connectivity index (χ4v) is 2.73. The second-order valence-electron chi connectivity index (χ2n) is 7.06. The lowest BCUT2D eigenvalue weighted by Gasteiger charge is -2.34. The molecule has 6 nitrogen and oxygen atoms in total. The number of halogens is 3. The Morgan fingerprint density at radius 3 is 2.56 bits per heavy atom. The number of hydrogen-bond donors (Lipinski definition) is 2. The summed E-state index contributed by atoms with van der Waals surface area (Å²) in [7, 11) is 0. The molecule has 0 radical (unpaired) electrons. The summed E-state index contributed by atoms with van der Waals surface area (Å²) < 4.78 is 38.5. The van der Waals surface area contributed by atoms with Crippen LogP contribution < -0.4 is 5.32 Å². The Hall–Kier alpha value is -2.58. The number of nitrogens with zero attached hydrogens (tertiary/aromatic N) is 1. The van der Waals surface area contributed by atoms with Crippen LogP contribution in [0, 0.1) is 5.41 Å². The maximum Gasteiger partial charge on any atom is 0.416 e. The lowest BCUT2D eigenvalue weighted by atomic mass is 9.91. The number of benzene rings is 1.